The van der Waals surface area contributed by atoms with Crippen molar-refractivity contribution in [3.05, 3.63) is 77.4 Å². The molecule has 0 aromatic heterocycles. The maximum absolute atomic E-state index is 3.16. The van der Waals surface area contributed by atoms with E-state index in [1.807, 2.05) is 0 Å². The van der Waals surface area contributed by atoms with Gasteiger partial charge in [-0.25, -0.2) is 6.08 Å². The van der Waals surface area contributed by atoms with Crippen molar-refractivity contribution in [2.24, 2.45) is 5.41 Å². The normalized spacial score (nSPS) is 13.0. The summed E-state index contributed by atoms with van der Waals surface area (Å²) in [5.41, 5.74) is 4.94. The van der Waals surface area contributed by atoms with E-state index in [4.69, 9.17) is 0 Å². The first-order chi connectivity index (χ1) is 16.6. The number of rotatable bonds is 2. The molecule has 0 spiro atoms. The van der Waals surface area contributed by atoms with Crippen molar-refractivity contribution in [1.29, 1.82) is 0 Å². The fraction of sp³-hybridized carbons (Fsp3) is 0.486. The van der Waals surface area contributed by atoms with Crippen LogP contribution in [0.15, 0.2) is 60.2 Å². The van der Waals surface area contributed by atoms with Gasteiger partial charge >= 0.3 is 54.1 Å². The maximum Gasteiger partial charge on any atom is -1.00 e. The van der Waals surface area contributed by atoms with Gasteiger partial charge in [-0.05, 0) is 10.8 Å². The maximum atomic E-state index is 3.16. The largest absolute Gasteiger partial charge is 1.00 e. The van der Waals surface area contributed by atoms with Crippen LogP contribution in [0.1, 0.15) is 107 Å². The van der Waals surface area contributed by atoms with E-state index in [1.165, 1.54) is 51.1 Å². The monoisotopic (exact) mass is 628 g/mol. The van der Waals surface area contributed by atoms with Crippen molar-refractivity contribution in [1.82, 2.24) is 0 Å². The van der Waals surface area contributed by atoms with E-state index in [9.17, 15) is 0 Å². The van der Waals surface area contributed by atoms with Crippen LogP contribution in [-0.4, -0.2) is 3.21 Å². The molecule has 1 aliphatic carbocycles. The fourth-order valence-corrected chi connectivity index (χ4v) is 4.10. The second-order valence-electron chi connectivity index (χ2n) is 13.0. The Kier molecular flexibility index (Phi) is 14.9. The molecule has 0 saturated heterocycles. The molecule has 3 heteroatoms. The quantitative estimate of drug-likeness (QED) is 0.365. The van der Waals surface area contributed by atoms with Gasteiger partial charge in [0.2, 0.25) is 0 Å². The van der Waals surface area contributed by atoms with Gasteiger partial charge in [0.25, 0.3) is 0 Å². The SMILES string of the molecule is CC(C)(C)C1=CC[C-]=C1.CC(C)(C)c1ccc2[cH-]c3ccc(C(C)(C)C)cc3c2c1.CC[C](=[Zr+2])CC.[Cl-].[Cl-]. The van der Waals surface area contributed by atoms with E-state index in [2.05, 4.69) is 137 Å². The summed E-state index contributed by atoms with van der Waals surface area (Å²) in [7, 11) is 0. The molecular weight excluding hydrogens is 583 g/mol. The van der Waals surface area contributed by atoms with Gasteiger partial charge in [0.05, 0.1) is 0 Å². The number of fused-ring (bicyclic) bond motifs is 3. The van der Waals surface area contributed by atoms with Crippen LogP contribution in [0.4, 0.5) is 0 Å². The van der Waals surface area contributed by atoms with Crippen molar-refractivity contribution in [2.45, 2.75) is 106 Å². The van der Waals surface area contributed by atoms with Gasteiger partial charge in [0.1, 0.15) is 0 Å². The summed E-state index contributed by atoms with van der Waals surface area (Å²) in [6.45, 7) is 24.8. The zero-order valence-electron chi connectivity index (χ0n) is 25.6. The topological polar surface area (TPSA) is 0 Å². The second kappa shape index (κ2) is 15.2. The summed E-state index contributed by atoms with van der Waals surface area (Å²) in [4.78, 5) is 0. The first-order valence-corrected chi connectivity index (χ1v) is 14.8. The molecule has 0 unspecified atom stereocenters. The van der Waals surface area contributed by atoms with Gasteiger partial charge in [0.15, 0.2) is 0 Å². The second-order valence-corrected chi connectivity index (χ2v) is 14.8. The molecule has 0 atom stereocenters. The number of hydrogen-bond acceptors (Lipinski definition) is 0. The van der Waals surface area contributed by atoms with Crippen molar-refractivity contribution in [2.75, 3.05) is 0 Å². The Morgan fingerprint density at radius 1 is 0.737 bits per heavy atom. The summed E-state index contributed by atoms with van der Waals surface area (Å²) >= 11 is 1.62. The molecule has 0 amide bonds. The van der Waals surface area contributed by atoms with Crippen LogP contribution >= 0.6 is 0 Å². The minimum Gasteiger partial charge on any atom is -1.00 e. The third-order valence-electron chi connectivity index (χ3n) is 6.86. The zero-order valence-corrected chi connectivity index (χ0v) is 29.5. The van der Waals surface area contributed by atoms with E-state index < -0.39 is 0 Å². The molecule has 3 aromatic carbocycles. The summed E-state index contributed by atoms with van der Waals surface area (Å²) in [5.74, 6) is 0. The standard InChI is InChI=1S/C21H25.C9H13.C5H10.2ClH.Zr/c1-20(2,3)16-9-7-14-11-15-8-10-17(21(4,5)6)13-19(15)18(14)12-16;1-9(2,3)8-6-4-5-7-8;1-3-5-4-2;;;/h7-13H,1-6H3;6-7H,4H2,1-3H3;3-4H2,1-2H3;2*1H;/q2*-1;;;;+2/p-2. The predicted molar refractivity (Wildman–Crippen MR) is 160 cm³/mol. The fourth-order valence-electron chi connectivity index (χ4n) is 4.10. The first kappa shape index (κ1) is 37.1. The molecule has 1 aliphatic rings. The summed E-state index contributed by atoms with van der Waals surface area (Å²) in [6.07, 6.45) is 11.1. The Labute approximate surface area is 261 Å². The zero-order chi connectivity index (χ0) is 27.3. The van der Waals surface area contributed by atoms with Crippen molar-refractivity contribution in [3.8, 4) is 0 Å². The van der Waals surface area contributed by atoms with Crippen LogP contribution < -0.4 is 24.8 Å². The minimum atomic E-state index is 0. The van der Waals surface area contributed by atoms with Crippen LogP contribution in [0.25, 0.3) is 21.5 Å². The van der Waals surface area contributed by atoms with Crippen molar-refractivity contribution in [3.63, 3.8) is 0 Å². The number of allylic oxidation sites excluding steroid dienone is 4. The summed E-state index contributed by atoms with van der Waals surface area (Å²) in [5, 5.41) is 5.49. The molecule has 38 heavy (non-hydrogen) atoms. The first-order valence-electron chi connectivity index (χ1n) is 13.6. The third kappa shape index (κ3) is 10.6. The van der Waals surface area contributed by atoms with Crippen LogP contribution in [0, 0.1) is 11.5 Å². The average Bonchev–Trinajstić information content (AvgIpc) is 3.45. The van der Waals surface area contributed by atoms with Gasteiger partial charge in [-0.2, -0.15) is 11.6 Å². The Balaban J connectivity index is 0.000000673. The third-order valence-corrected chi connectivity index (χ3v) is 8.59. The molecule has 0 nitrogen and oxygen atoms in total. The Morgan fingerprint density at radius 2 is 1.16 bits per heavy atom. The van der Waals surface area contributed by atoms with Gasteiger partial charge in [-0.15, -0.1) is 46.2 Å². The minimum absolute atomic E-state index is 0. The van der Waals surface area contributed by atoms with E-state index in [0.717, 1.165) is 6.42 Å². The number of benzene rings is 2. The molecule has 3 aromatic rings. The number of halogens is 2. The van der Waals surface area contributed by atoms with Crippen LogP contribution in [0.3, 0.4) is 0 Å². The number of hydrogen-bond donors (Lipinski definition) is 0. The molecule has 0 fully saturated rings. The van der Waals surface area contributed by atoms with E-state index in [1.54, 1.807) is 27.4 Å². The molecule has 4 rings (SSSR count). The van der Waals surface area contributed by atoms with Gasteiger partial charge in [-0.1, -0.05) is 103 Å². The van der Waals surface area contributed by atoms with Crippen LogP contribution in [0.5, 0.6) is 0 Å². The smallest absolute Gasteiger partial charge is 1.00 e. The van der Waals surface area contributed by atoms with Crippen LogP contribution in [-0.2, 0) is 35.1 Å². The van der Waals surface area contributed by atoms with Gasteiger partial charge in [0, 0.05) is 0 Å². The van der Waals surface area contributed by atoms with E-state index in [-0.39, 0.29) is 35.6 Å². The molecule has 0 N–H and O–H groups in total. The van der Waals surface area contributed by atoms with Crippen LogP contribution in [0.2, 0.25) is 0 Å². The molecule has 0 saturated carbocycles. The predicted octanol–water partition coefficient (Wildman–Crippen LogP) is 4.56. The van der Waals surface area contributed by atoms with Gasteiger partial charge < -0.3 is 24.8 Å². The average molecular weight is 631 g/mol. The van der Waals surface area contributed by atoms with Gasteiger partial charge in [-0.3, -0.25) is 6.08 Å². The molecule has 0 heterocycles. The molecular formula is C35H48Cl2Zr-2. The molecule has 0 bridgehead atoms. The summed E-state index contributed by atoms with van der Waals surface area (Å²) < 4.78 is 1.68. The van der Waals surface area contributed by atoms with E-state index in [0.29, 0.717) is 5.41 Å². The van der Waals surface area contributed by atoms with E-state index >= 15 is 0 Å². The summed E-state index contributed by atoms with van der Waals surface area (Å²) in [6, 6.07) is 16.1. The Morgan fingerprint density at radius 3 is 1.39 bits per heavy atom. The Hall–Kier alpha value is -0.877. The molecule has 0 radical (unpaired) electrons. The Bertz CT molecular complexity index is 1160. The molecule has 0 aliphatic heterocycles. The molecule has 208 valence electrons. The van der Waals surface area contributed by atoms with Crippen molar-refractivity contribution >= 4 is 24.8 Å². The van der Waals surface area contributed by atoms with Crippen molar-refractivity contribution < 1.29 is 49.0 Å².